The van der Waals surface area contributed by atoms with Crippen molar-refractivity contribution in [1.29, 1.82) is 0 Å². The van der Waals surface area contributed by atoms with Gasteiger partial charge < -0.3 is 19.5 Å². The maximum absolute atomic E-state index is 13.6. The van der Waals surface area contributed by atoms with Gasteiger partial charge in [0.1, 0.15) is 17.3 Å². The summed E-state index contributed by atoms with van der Waals surface area (Å²) in [7, 11) is 2.75. The van der Waals surface area contributed by atoms with Gasteiger partial charge in [-0.05, 0) is 31.2 Å². The second-order valence-electron chi connectivity index (χ2n) is 5.33. The Hall–Kier alpha value is -2.87. The summed E-state index contributed by atoms with van der Waals surface area (Å²) < 4.78 is 42.4. The molecular formula is C18H16ClF2NO5. The van der Waals surface area contributed by atoms with Crippen LogP contribution in [0.2, 0.25) is 5.02 Å². The molecule has 0 aliphatic heterocycles. The summed E-state index contributed by atoms with van der Waals surface area (Å²) in [4.78, 5) is 24.3. The van der Waals surface area contributed by atoms with Crippen LogP contribution in [-0.4, -0.2) is 32.2 Å². The predicted octanol–water partition coefficient (Wildman–Crippen LogP) is 3.82. The van der Waals surface area contributed by atoms with E-state index in [1.165, 1.54) is 33.3 Å². The van der Waals surface area contributed by atoms with Crippen LogP contribution in [0.25, 0.3) is 0 Å². The molecule has 0 aromatic heterocycles. The number of rotatable bonds is 6. The van der Waals surface area contributed by atoms with Gasteiger partial charge >= 0.3 is 5.97 Å². The molecule has 1 N–H and O–H groups in total. The number of nitrogens with one attached hydrogen (secondary N) is 1. The zero-order valence-corrected chi connectivity index (χ0v) is 15.4. The number of carbonyl (C=O) groups excluding carboxylic acids is 2. The van der Waals surface area contributed by atoms with Crippen molar-refractivity contribution in [3.05, 3.63) is 52.6 Å². The minimum Gasteiger partial charge on any atom is -0.493 e. The lowest BCUT2D eigenvalue weighted by Crippen LogP contribution is -2.30. The Kier molecular flexibility index (Phi) is 6.57. The normalized spacial score (nSPS) is 11.5. The van der Waals surface area contributed by atoms with Gasteiger partial charge in [-0.15, -0.1) is 0 Å². The summed E-state index contributed by atoms with van der Waals surface area (Å²) in [5.74, 6) is -3.26. The minimum absolute atomic E-state index is 0.00868. The summed E-state index contributed by atoms with van der Waals surface area (Å²) in [6.45, 7) is 1.26. The molecule has 2 aromatic carbocycles. The summed E-state index contributed by atoms with van der Waals surface area (Å²) >= 11 is 6.02. The van der Waals surface area contributed by atoms with Crippen molar-refractivity contribution >= 4 is 29.2 Å². The zero-order valence-electron chi connectivity index (χ0n) is 14.6. The maximum Gasteiger partial charge on any atom is 0.339 e. The second kappa shape index (κ2) is 8.68. The second-order valence-corrected chi connectivity index (χ2v) is 5.73. The Bertz CT molecular complexity index is 855. The molecule has 0 aliphatic carbocycles. The molecule has 0 unspecified atom stereocenters. The molecule has 0 saturated heterocycles. The first-order chi connectivity index (χ1) is 12.8. The van der Waals surface area contributed by atoms with E-state index in [0.29, 0.717) is 0 Å². The lowest BCUT2D eigenvalue weighted by molar-refractivity contribution is -0.123. The summed E-state index contributed by atoms with van der Waals surface area (Å²) in [6.07, 6.45) is -1.33. The topological polar surface area (TPSA) is 73.9 Å². The summed E-state index contributed by atoms with van der Waals surface area (Å²) in [5, 5.41) is 2.16. The number of para-hydroxylation sites is 1. The average molecular weight is 400 g/mol. The fourth-order valence-electron chi connectivity index (χ4n) is 2.16. The van der Waals surface area contributed by atoms with Crippen molar-refractivity contribution in [2.75, 3.05) is 19.5 Å². The van der Waals surface area contributed by atoms with E-state index in [2.05, 4.69) is 5.32 Å². The highest BCUT2D eigenvalue weighted by Gasteiger charge is 2.23. The smallest absolute Gasteiger partial charge is 0.339 e. The molecule has 9 heteroatoms. The molecule has 6 nitrogen and oxygen atoms in total. The number of halogens is 3. The molecule has 27 heavy (non-hydrogen) atoms. The van der Waals surface area contributed by atoms with E-state index in [1.807, 2.05) is 0 Å². The van der Waals surface area contributed by atoms with Gasteiger partial charge in [-0.2, -0.15) is 0 Å². The van der Waals surface area contributed by atoms with Gasteiger partial charge in [0.05, 0.1) is 24.8 Å². The molecular weight excluding hydrogens is 384 g/mol. The Labute approximate surface area is 159 Å². The number of carbonyl (C=O) groups is 2. The van der Waals surface area contributed by atoms with Crippen LogP contribution < -0.4 is 14.8 Å². The monoisotopic (exact) mass is 399 g/mol. The number of anilines is 1. The van der Waals surface area contributed by atoms with Crippen LogP contribution in [0.15, 0.2) is 30.3 Å². The molecule has 0 spiro atoms. The maximum atomic E-state index is 13.6. The van der Waals surface area contributed by atoms with Crippen LogP contribution in [0.5, 0.6) is 11.5 Å². The third-order valence-electron chi connectivity index (χ3n) is 3.53. The van der Waals surface area contributed by atoms with Crippen LogP contribution in [0.4, 0.5) is 14.5 Å². The first-order valence-corrected chi connectivity index (χ1v) is 8.03. The molecule has 2 rings (SSSR count). The number of esters is 1. The third kappa shape index (κ3) is 4.65. The number of ether oxygens (including phenoxy) is 3. The predicted molar refractivity (Wildman–Crippen MR) is 94.4 cm³/mol. The zero-order chi connectivity index (χ0) is 20.1. The van der Waals surface area contributed by atoms with Gasteiger partial charge in [0.25, 0.3) is 5.91 Å². The molecule has 144 valence electrons. The van der Waals surface area contributed by atoms with Gasteiger partial charge in [0.15, 0.2) is 17.6 Å². The lowest BCUT2D eigenvalue weighted by atomic mass is 10.2. The Balaban J connectivity index is 2.13. The number of amides is 1. The number of methoxy groups -OCH3 is 2. The van der Waals surface area contributed by atoms with Crippen molar-refractivity contribution in [1.82, 2.24) is 0 Å². The van der Waals surface area contributed by atoms with Gasteiger partial charge in [-0.1, -0.05) is 17.7 Å². The quantitative estimate of drug-likeness (QED) is 0.747. The lowest BCUT2D eigenvalue weighted by Gasteiger charge is -2.15. The van der Waals surface area contributed by atoms with Gasteiger partial charge in [0.2, 0.25) is 0 Å². The molecule has 1 amide bonds. The highest BCUT2D eigenvalue weighted by Crippen LogP contribution is 2.36. The molecule has 0 saturated carbocycles. The largest absolute Gasteiger partial charge is 0.493 e. The molecule has 0 radical (unpaired) electrons. The minimum atomic E-state index is -1.33. The molecule has 1 atom stereocenters. The van der Waals surface area contributed by atoms with E-state index < -0.39 is 35.3 Å². The highest BCUT2D eigenvalue weighted by atomic mass is 35.5. The summed E-state index contributed by atoms with van der Waals surface area (Å²) in [6, 6.07) is 5.74. The van der Waals surface area contributed by atoms with E-state index in [4.69, 9.17) is 25.8 Å². The fourth-order valence-corrected chi connectivity index (χ4v) is 2.45. The van der Waals surface area contributed by atoms with Crippen molar-refractivity contribution in [3.63, 3.8) is 0 Å². The van der Waals surface area contributed by atoms with Gasteiger partial charge in [-0.3, -0.25) is 4.79 Å². The van der Waals surface area contributed by atoms with Crippen LogP contribution in [0, 0.1) is 11.6 Å². The van der Waals surface area contributed by atoms with Crippen LogP contribution in [-0.2, 0) is 9.53 Å². The van der Waals surface area contributed by atoms with Crippen molar-refractivity contribution < 1.29 is 32.6 Å². The van der Waals surface area contributed by atoms with Crippen molar-refractivity contribution in [2.45, 2.75) is 13.0 Å². The van der Waals surface area contributed by atoms with Crippen molar-refractivity contribution in [3.8, 4) is 11.5 Å². The van der Waals surface area contributed by atoms with Gasteiger partial charge in [0, 0.05) is 0 Å². The number of benzene rings is 2. The van der Waals surface area contributed by atoms with E-state index in [1.54, 1.807) is 0 Å². The number of hydrogen-bond donors (Lipinski definition) is 1. The number of hydrogen-bond acceptors (Lipinski definition) is 5. The molecule has 2 aromatic rings. The summed E-state index contributed by atoms with van der Waals surface area (Å²) in [5.41, 5.74) is -0.617. The molecule has 0 heterocycles. The standard InChI is InChI=1S/C18H16ClF2NO5/c1-9(17(23)22-15-12(20)5-4-6-13(15)21)27-18(24)10-7-11(19)16(26-3)14(8-10)25-2/h4-9H,1-3H3,(H,22,23)/t9-/m0/s1. The third-order valence-corrected chi connectivity index (χ3v) is 3.81. The average Bonchev–Trinajstić information content (AvgIpc) is 2.63. The molecule has 0 bridgehead atoms. The Morgan fingerprint density at radius 2 is 1.74 bits per heavy atom. The first-order valence-electron chi connectivity index (χ1n) is 7.65. The first kappa shape index (κ1) is 20.4. The Morgan fingerprint density at radius 1 is 1.11 bits per heavy atom. The SMILES string of the molecule is COc1cc(C(=O)O[C@@H](C)C(=O)Nc2c(F)cccc2F)cc(Cl)c1OC. The highest BCUT2D eigenvalue weighted by molar-refractivity contribution is 6.32. The van der Waals surface area contributed by atoms with Crippen LogP contribution >= 0.6 is 11.6 Å². The van der Waals surface area contributed by atoms with Crippen LogP contribution in [0.1, 0.15) is 17.3 Å². The van der Waals surface area contributed by atoms with E-state index in [-0.39, 0.29) is 22.1 Å². The Morgan fingerprint density at radius 3 is 2.30 bits per heavy atom. The molecule has 0 aliphatic rings. The van der Waals surface area contributed by atoms with E-state index >= 15 is 0 Å². The fraction of sp³-hybridized carbons (Fsp3) is 0.222. The van der Waals surface area contributed by atoms with Crippen LogP contribution in [0.3, 0.4) is 0 Å². The van der Waals surface area contributed by atoms with Gasteiger partial charge in [-0.25, -0.2) is 13.6 Å². The molecule has 0 fully saturated rings. The van der Waals surface area contributed by atoms with Crippen molar-refractivity contribution in [2.24, 2.45) is 0 Å². The van der Waals surface area contributed by atoms with E-state index in [0.717, 1.165) is 18.2 Å². The van der Waals surface area contributed by atoms with E-state index in [9.17, 15) is 18.4 Å².